The van der Waals surface area contributed by atoms with Gasteiger partial charge in [-0.3, -0.25) is 0 Å². The second kappa shape index (κ2) is 8.61. The summed E-state index contributed by atoms with van der Waals surface area (Å²) in [5.74, 6) is 4.26. The minimum atomic E-state index is -0.0867. The Bertz CT molecular complexity index is 622. The summed E-state index contributed by atoms with van der Waals surface area (Å²) in [5.41, 5.74) is 0.734. The third-order valence-electron chi connectivity index (χ3n) is 10.8. The van der Waals surface area contributed by atoms with E-state index < -0.39 is 0 Å². The minimum Gasteiger partial charge on any atom is -0.393 e. The summed E-state index contributed by atoms with van der Waals surface area (Å²) in [5, 5.41) is 11.3. The van der Waals surface area contributed by atoms with Crippen molar-refractivity contribution >= 4 is 31.9 Å². The molecule has 4 aliphatic carbocycles. The fourth-order valence-electron chi connectivity index (χ4n) is 9.32. The van der Waals surface area contributed by atoms with E-state index in [1.165, 1.54) is 64.2 Å². The van der Waals surface area contributed by atoms with Gasteiger partial charge < -0.3 is 5.11 Å². The Morgan fingerprint density at radius 3 is 2.37 bits per heavy atom. The smallest absolute Gasteiger partial charge is 0.0579 e. The van der Waals surface area contributed by atoms with Crippen LogP contribution in [0.5, 0.6) is 0 Å². The van der Waals surface area contributed by atoms with E-state index in [0.717, 1.165) is 24.2 Å². The van der Waals surface area contributed by atoms with Crippen molar-refractivity contribution in [3.63, 3.8) is 0 Å². The molecule has 10 atom stereocenters. The van der Waals surface area contributed by atoms with Gasteiger partial charge in [-0.25, -0.2) is 0 Å². The van der Waals surface area contributed by atoms with Crippen molar-refractivity contribution in [1.82, 2.24) is 0 Å². The Balaban J connectivity index is 1.57. The summed E-state index contributed by atoms with van der Waals surface area (Å²) in [4.78, 5) is 0.568. The van der Waals surface area contributed by atoms with Gasteiger partial charge in [0.05, 0.1) is 6.10 Å². The van der Waals surface area contributed by atoms with Crippen LogP contribution in [0.4, 0.5) is 0 Å². The van der Waals surface area contributed by atoms with E-state index in [2.05, 4.69) is 66.5 Å². The molecule has 3 unspecified atom stereocenters. The molecule has 3 heteroatoms. The number of rotatable bonds is 5. The van der Waals surface area contributed by atoms with Crippen molar-refractivity contribution in [2.24, 2.45) is 46.3 Å². The van der Waals surface area contributed by atoms with E-state index in [1.54, 1.807) is 0 Å². The Hall–Kier alpha value is 0.920. The quantitative estimate of drug-likeness (QED) is 0.344. The monoisotopic (exact) mass is 544 g/mol. The number of aliphatic hydroxyl groups is 1. The maximum Gasteiger partial charge on any atom is 0.0579 e. The summed E-state index contributed by atoms with van der Waals surface area (Å²) in [7, 11) is 0. The molecule has 0 heterocycles. The van der Waals surface area contributed by atoms with Gasteiger partial charge >= 0.3 is 0 Å². The van der Waals surface area contributed by atoms with Crippen LogP contribution >= 0.6 is 31.9 Å². The molecule has 4 fully saturated rings. The summed E-state index contributed by atoms with van der Waals surface area (Å²) >= 11 is 8.53. The zero-order chi connectivity index (χ0) is 21.9. The summed E-state index contributed by atoms with van der Waals surface area (Å²) < 4.78 is 0.272. The Morgan fingerprint density at radius 1 is 0.967 bits per heavy atom. The van der Waals surface area contributed by atoms with Gasteiger partial charge in [0, 0.05) is 9.15 Å². The van der Waals surface area contributed by atoms with Gasteiger partial charge in [-0.05, 0) is 84.9 Å². The van der Waals surface area contributed by atoms with E-state index in [4.69, 9.17) is 0 Å². The van der Waals surface area contributed by atoms with Crippen LogP contribution in [0.1, 0.15) is 105 Å². The number of fused-ring (bicyclic) bond motifs is 5. The molecule has 0 aromatic heterocycles. The molecule has 0 amide bonds. The maximum atomic E-state index is 11.3. The molecule has 0 saturated heterocycles. The van der Waals surface area contributed by atoms with Crippen molar-refractivity contribution in [1.29, 1.82) is 0 Å². The van der Waals surface area contributed by atoms with Gasteiger partial charge in [-0.2, -0.15) is 0 Å². The third kappa shape index (κ3) is 3.62. The van der Waals surface area contributed by atoms with Gasteiger partial charge in [0.1, 0.15) is 0 Å². The second-order valence-electron chi connectivity index (χ2n) is 12.7. The zero-order valence-corrected chi connectivity index (χ0v) is 23.3. The Morgan fingerprint density at radius 2 is 1.67 bits per heavy atom. The molecule has 4 saturated carbocycles. The van der Waals surface area contributed by atoms with E-state index in [9.17, 15) is 5.11 Å². The van der Waals surface area contributed by atoms with Crippen LogP contribution in [0.2, 0.25) is 0 Å². The lowest BCUT2D eigenvalue weighted by Gasteiger charge is -2.65. The number of alkyl halides is 2. The molecule has 0 spiro atoms. The molecule has 4 rings (SSSR count). The Kier molecular flexibility index (Phi) is 6.90. The topological polar surface area (TPSA) is 20.2 Å². The molecule has 0 radical (unpaired) electrons. The lowest BCUT2D eigenvalue weighted by Crippen LogP contribution is -2.63. The fraction of sp³-hybridized carbons (Fsp3) is 1.00. The van der Waals surface area contributed by atoms with Crippen molar-refractivity contribution in [2.45, 2.75) is 121 Å². The SMILES string of the molecule is CC(C)CCC[C@@H](C)[C@H]1C(O)C[C@H]2[C@@H]3CC(Br)C4(Br)CCCC[C@]4(C)[C@H]3CC[C@]12C. The molecule has 0 aliphatic heterocycles. The van der Waals surface area contributed by atoms with Gasteiger partial charge in [-0.1, -0.05) is 98.6 Å². The summed E-state index contributed by atoms with van der Waals surface area (Å²) in [6.07, 6.45) is 14.4. The highest BCUT2D eigenvalue weighted by molar-refractivity contribution is 9.12. The average molecular weight is 546 g/mol. The number of aliphatic hydroxyl groups excluding tert-OH is 1. The maximum absolute atomic E-state index is 11.3. The van der Waals surface area contributed by atoms with Crippen LogP contribution in [0.3, 0.4) is 0 Å². The molecule has 1 N–H and O–H groups in total. The van der Waals surface area contributed by atoms with Crippen LogP contribution < -0.4 is 0 Å². The van der Waals surface area contributed by atoms with Crippen molar-refractivity contribution < 1.29 is 5.11 Å². The molecular weight excluding hydrogens is 500 g/mol. The molecule has 1 nitrogen and oxygen atoms in total. The normalized spacial score (nSPS) is 51.9. The van der Waals surface area contributed by atoms with Gasteiger partial charge in [0.15, 0.2) is 0 Å². The molecule has 0 aromatic carbocycles. The van der Waals surface area contributed by atoms with Crippen LogP contribution in [-0.4, -0.2) is 20.4 Å². The number of hydrogen-bond acceptors (Lipinski definition) is 1. The predicted molar refractivity (Wildman–Crippen MR) is 135 cm³/mol. The lowest BCUT2D eigenvalue weighted by atomic mass is 9.44. The first-order valence-electron chi connectivity index (χ1n) is 13.1. The Labute approximate surface area is 203 Å². The summed E-state index contributed by atoms with van der Waals surface area (Å²) in [6.45, 7) is 12.3. The highest BCUT2D eigenvalue weighted by Crippen LogP contribution is 2.71. The fourth-order valence-corrected chi connectivity index (χ4v) is 11.5. The predicted octanol–water partition coefficient (Wildman–Crippen LogP) is 8.36. The molecule has 174 valence electrons. The standard InChI is InChI=1S/C27H46Br2O/c1-17(2)9-8-10-18(3)24-22(30)16-21-19-15-23(28)27(29)13-7-6-12-26(27,5)20(19)11-14-25(21,24)4/h17-24,30H,6-16H2,1-5H3/t18-,19-,20+,21+,22?,23?,24+,25+,26-,27?/m1/s1. The molecule has 0 aromatic rings. The van der Waals surface area contributed by atoms with E-state index in [0.29, 0.717) is 33.4 Å². The molecule has 4 aliphatic rings. The van der Waals surface area contributed by atoms with Gasteiger partial charge in [0.2, 0.25) is 0 Å². The molecule has 0 bridgehead atoms. The second-order valence-corrected chi connectivity index (χ2v) is 15.3. The van der Waals surface area contributed by atoms with Gasteiger partial charge in [-0.15, -0.1) is 0 Å². The highest BCUT2D eigenvalue weighted by atomic mass is 79.9. The number of hydrogen-bond donors (Lipinski definition) is 1. The van der Waals surface area contributed by atoms with E-state index in [-0.39, 0.29) is 10.4 Å². The van der Waals surface area contributed by atoms with Crippen LogP contribution in [0, 0.1) is 46.3 Å². The van der Waals surface area contributed by atoms with E-state index >= 15 is 0 Å². The number of halogens is 2. The van der Waals surface area contributed by atoms with Crippen LogP contribution in [0.25, 0.3) is 0 Å². The third-order valence-corrected chi connectivity index (χ3v) is 14.5. The van der Waals surface area contributed by atoms with Crippen LogP contribution in [0.15, 0.2) is 0 Å². The minimum absolute atomic E-state index is 0.0867. The average Bonchev–Trinajstić information content (AvgIpc) is 2.93. The largest absolute Gasteiger partial charge is 0.393 e. The zero-order valence-electron chi connectivity index (χ0n) is 20.1. The van der Waals surface area contributed by atoms with Crippen molar-refractivity contribution in [2.75, 3.05) is 0 Å². The molecule has 30 heavy (non-hydrogen) atoms. The highest BCUT2D eigenvalue weighted by Gasteiger charge is 2.67. The lowest BCUT2D eigenvalue weighted by molar-refractivity contribution is -0.0993. The van der Waals surface area contributed by atoms with E-state index in [1.807, 2.05) is 0 Å². The first kappa shape index (κ1) is 24.1. The van der Waals surface area contributed by atoms with Crippen LogP contribution in [-0.2, 0) is 0 Å². The van der Waals surface area contributed by atoms with Crippen molar-refractivity contribution in [3.05, 3.63) is 0 Å². The molecular formula is C27H46Br2O. The van der Waals surface area contributed by atoms with Crippen molar-refractivity contribution in [3.8, 4) is 0 Å². The first-order valence-corrected chi connectivity index (χ1v) is 14.8. The first-order chi connectivity index (χ1) is 14.0. The summed E-state index contributed by atoms with van der Waals surface area (Å²) in [6, 6.07) is 0. The van der Waals surface area contributed by atoms with Gasteiger partial charge in [0.25, 0.3) is 0 Å².